The summed E-state index contributed by atoms with van der Waals surface area (Å²) in [5.74, 6) is 0.0933. The standard InChI is InChI=1S/C15H20N2O5S/c1-20-14(11-5-7-21-8-6-11)9-23(18,19)17-12-3-2-4-13-15(12)16-10-22-13/h2-4,10-11,14,17H,5-9H2,1H3/t14-/m0/s1. The van der Waals surface area contributed by atoms with Crippen LogP contribution in [-0.2, 0) is 19.5 Å². The Morgan fingerprint density at radius 2 is 2.17 bits per heavy atom. The second-order valence-electron chi connectivity index (χ2n) is 5.61. The van der Waals surface area contributed by atoms with Gasteiger partial charge < -0.3 is 13.9 Å². The lowest BCUT2D eigenvalue weighted by Crippen LogP contribution is -2.36. The zero-order valence-corrected chi connectivity index (χ0v) is 13.7. The molecule has 1 aromatic carbocycles. The van der Waals surface area contributed by atoms with E-state index in [9.17, 15) is 8.42 Å². The number of anilines is 1. The van der Waals surface area contributed by atoms with Gasteiger partial charge in [-0.1, -0.05) is 6.07 Å². The fourth-order valence-electron chi connectivity index (χ4n) is 2.88. The Bertz CT molecular complexity index is 752. The van der Waals surface area contributed by atoms with E-state index in [1.54, 1.807) is 25.3 Å². The van der Waals surface area contributed by atoms with Crippen LogP contribution in [0.4, 0.5) is 5.69 Å². The van der Waals surface area contributed by atoms with Crippen LogP contribution in [0.25, 0.3) is 11.1 Å². The number of aromatic nitrogens is 1. The number of hydrogen-bond acceptors (Lipinski definition) is 6. The second kappa shape index (κ2) is 6.86. The molecule has 7 nitrogen and oxygen atoms in total. The molecule has 1 aromatic heterocycles. The normalized spacial score (nSPS) is 18.1. The molecular weight excluding hydrogens is 320 g/mol. The molecule has 2 aromatic rings. The number of hydrogen-bond donors (Lipinski definition) is 1. The number of fused-ring (bicyclic) bond motifs is 1. The number of nitrogens with zero attached hydrogens (tertiary/aromatic N) is 1. The highest BCUT2D eigenvalue weighted by Gasteiger charge is 2.29. The van der Waals surface area contributed by atoms with E-state index < -0.39 is 10.0 Å². The highest BCUT2D eigenvalue weighted by molar-refractivity contribution is 7.92. The molecule has 0 aliphatic carbocycles. The number of benzene rings is 1. The fraction of sp³-hybridized carbons (Fsp3) is 0.533. The first-order valence-electron chi connectivity index (χ1n) is 7.52. The Labute approximate surface area is 135 Å². The average Bonchev–Trinajstić information content (AvgIpc) is 3.03. The molecule has 1 fully saturated rings. The summed E-state index contributed by atoms with van der Waals surface area (Å²) in [6.07, 6.45) is 2.57. The van der Waals surface area contributed by atoms with Gasteiger partial charge in [-0.3, -0.25) is 4.72 Å². The van der Waals surface area contributed by atoms with E-state index in [1.165, 1.54) is 6.39 Å². The van der Waals surface area contributed by atoms with Gasteiger partial charge in [0.05, 0.1) is 17.5 Å². The van der Waals surface area contributed by atoms with Crippen LogP contribution in [0.1, 0.15) is 12.8 Å². The molecule has 0 saturated carbocycles. The molecule has 0 amide bonds. The Morgan fingerprint density at radius 1 is 1.39 bits per heavy atom. The zero-order valence-electron chi connectivity index (χ0n) is 12.9. The lowest BCUT2D eigenvalue weighted by Gasteiger charge is -2.29. The van der Waals surface area contributed by atoms with Gasteiger partial charge in [0.2, 0.25) is 10.0 Å². The minimum absolute atomic E-state index is 0.0948. The number of ether oxygens (including phenoxy) is 2. The summed E-state index contributed by atoms with van der Waals surface area (Å²) in [6, 6.07) is 5.12. The number of rotatable bonds is 6. The highest BCUT2D eigenvalue weighted by Crippen LogP contribution is 2.25. The molecule has 1 aliphatic rings. The second-order valence-corrected chi connectivity index (χ2v) is 7.38. The summed E-state index contributed by atoms with van der Waals surface area (Å²) in [5.41, 5.74) is 1.45. The van der Waals surface area contributed by atoms with Crippen molar-refractivity contribution in [2.45, 2.75) is 18.9 Å². The minimum atomic E-state index is -3.56. The molecule has 0 radical (unpaired) electrons. The third kappa shape index (κ3) is 3.82. The Morgan fingerprint density at radius 3 is 2.91 bits per heavy atom. The predicted molar refractivity (Wildman–Crippen MR) is 85.8 cm³/mol. The van der Waals surface area contributed by atoms with E-state index in [4.69, 9.17) is 13.9 Å². The first kappa shape index (κ1) is 16.2. The first-order valence-corrected chi connectivity index (χ1v) is 9.17. The Hall–Kier alpha value is -1.64. The highest BCUT2D eigenvalue weighted by atomic mass is 32.2. The molecule has 3 rings (SSSR count). The van der Waals surface area contributed by atoms with Crippen LogP contribution in [0.15, 0.2) is 29.0 Å². The maximum absolute atomic E-state index is 12.5. The van der Waals surface area contributed by atoms with Crippen LogP contribution in [0.3, 0.4) is 0 Å². The molecule has 2 heterocycles. The van der Waals surface area contributed by atoms with Crippen LogP contribution in [0.5, 0.6) is 0 Å². The summed E-state index contributed by atoms with van der Waals surface area (Å²) >= 11 is 0. The van der Waals surface area contributed by atoms with Gasteiger partial charge in [0, 0.05) is 20.3 Å². The summed E-state index contributed by atoms with van der Waals surface area (Å²) in [7, 11) is -2.01. The van der Waals surface area contributed by atoms with Crippen molar-refractivity contribution in [2.24, 2.45) is 5.92 Å². The lowest BCUT2D eigenvalue weighted by molar-refractivity contribution is -0.00318. The Balaban J connectivity index is 1.74. The maximum Gasteiger partial charge on any atom is 0.235 e. The van der Waals surface area contributed by atoms with Gasteiger partial charge in [0.25, 0.3) is 0 Å². The molecular formula is C15H20N2O5S. The third-order valence-corrected chi connectivity index (χ3v) is 5.40. The lowest BCUT2D eigenvalue weighted by atomic mass is 9.95. The number of nitrogens with one attached hydrogen (secondary N) is 1. The van der Waals surface area contributed by atoms with Gasteiger partial charge in [-0.05, 0) is 30.9 Å². The SMILES string of the molecule is CO[C@@H](CS(=O)(=O)Nc1cccc2ocnc12)C1CCOCC1. The van der Waals surface area contributed by atoms with Gasteiger partial charge >= 0.3 is 0 Å². The zero-order chi connectivity index (χ0) is 16.3. The predicted octanol–water partition coefficient (Wildman–Crippen LogP) is 2.01. The van der Waals surface area contributed by atoms with Crippen molar-refractivity contribution in [3.8, 4) is 0 Å². The number of para-hydroxylation sites is 1. The average molecular weight is 340 g/mol. The van der Waals surface area contributed by atoms with E-state index in [0.717, 1.165) is 12.8 Å². The fourth-order valence-corrected chi connectivity index (χ4v) is 4.30. The molecule has 126 valence electrons. The van der Waals surface area contributed by atoms with Gasteiger partial charge in [-0.15, -0.1) is 0 Å². The van der Waals surface area contributed by atoms with E-state index in [-0.39, 0.29) is 17.8 Å². The van der Waals surface area contributed by atoms with Crippen LogP contribution in [0.2, 0.25) is 0 Å². The molecule has 0 bridgehead atoms. The van der Waals surface area contributed by atoms with Crippen LogP contribution in [-0.4, -0.2) is 45.6 Å². The molecule has 1 atom stereocenters. The third-order valence-electron chi connectivity index (χ3n) is 4.10. The molecule has 1 aliphatic heterocycles. The minimum Gasteiger partial charge on any atom is -0.443 e. The maximum atomic E-state index is 12.5. The molecule has 0 unspecified atom stereocenters. The van der Waals surface area contributed by atoms with Crippen LogP contribution >= 0.6 is 0 Å². The van der Waals surface area contributed by atoms with Gasteiger partial charge in [-0.2, -0.15) is 0 Å². The number of methoxy groups -OCH3 is 1. The van der Waals surface area contributed by atoms with Crippen LogP contribution in [0, 0.1) is 5.92 Å². The van der Waals surface area contributed by atoms with Crippen molar-refractivity contribution < 1.29 is 22.3 Å². The molecule has 1 N–H and O–H groups in total. The van der Waals surface area contributed by atoms with E-state index in [1.807, 2.05) is 0 Å². The monoisotopic (exact) mass is 340 g/mol. The van der Waals surface area contributed by atoms with Crippen molar-refractivity contribution in [1.82, 2.24) is 4.98 Å². The van der Waals surface area contributed by atoms with E-state index >= 15 is 0 Å². The summed E-state index contributed by atoms with van der Waals surface area (Å²) in [4.78, 5) is 4.05. The topological polar surface area (TPSA) is 90.7 Å². The van der Waals surface area contributed by atoms with Gasteiger partial charge in [-0.25, -0.2) is 13.4 Å². The largest absolute Gasteiger partial charge is 0.443 e. The molecule has 23 heavy (non-hydrogen) atoms. The van der Waals surface area contributed by atoms with Gasteiger partial charge in [0.15, 0.2) is 12.0 Å². The van der Waals surface area contributed by atoms with Crippen molar-refractivity contribution in [3.63, 3.8) is 0 Å². The molecule has 8 heteroatoms. The number of sulfonamides is 1. The van der Waals surface area contributed by atoms with Crippen molar-refractivity contribution in [2.75, 3.05) is 30.8 Å². The first-order chi connectivity index (χ1) is 11.1. The van der Waals surface area contributed by atoms with Crippen LogP contribution < -0.4 is 4.72 Å². The van der Waals surface area contributed by atoms with Crippen molar-refractivity contribution in [3.05, 3.63) is 24.6 Å². The summed E-state index contributed by atoms with van der Waals surface area (Å²) < 4.78 is 43.5. The van der Waals surface area contributed by atoms with Gasteiger partial charge in [0.1, 0.15) is 5.52 Å². The smallest absolute Gasteiger partial charge is 0.235 e. The van der Waals surface area contributed by atoms with Crippen molar-refractivity contribution in [1.29, 1.82) is 0 Å². The Kier molecular flexibility index (Phi) is 4.84. The number of oxazole rings is 1. The quantitative estimate of drug-likeness (QED) is 0.865. The summed E-state index contributed by atoms with van der Waals surface area (Å²) in [6.45, 7) is 1.30. The van der Waals surface area contributed by atoms with E-state index in [0.29, 0.717) is 30.0 Å². The summed E-state index contributed by atoms with van der Waals surface area (Å²) in [5, 5.41) is 0. The molecule has 1 saturated heterocycles. The van der Waals surface area contributed by atoms with E-state index in [2.05, 4.69) is 9.71 Å². The molecule has 0 spiro atoms. The van der Waals surface area contributed by atoms with Crippen molar-refractivity contribution >= 4 is 26.8 Å².